The Balaban J connectivity index is 1.63. The first kappa shape index (κ1) is 21.0. The molecule has 1 aliphatic heterocycles. The van der Waals surface area contributed by atoms with Gasteiger partial charge in [-0.3, -0.25) is 14.8 Å². The number of carbonyl (C=O) groups excluding carboxylic acids is 1. The minimum Gasteiger partial charge on any atom is -0.395 e. The maximum absolute atomic E-state index is 12.2. The van der Waals surface area contributed by atoms with Crippen molar-refractivity contribution in [3.63, 3.8) is 0 Å². The smallest absolute Gasteiger partial charge is 0.269 e. The fraction of sp³-hybridized carbons (Fsp3) is 0.250. The molecule has 5 N–H and O–H groups in total. The van der Waals surface area contributed by atoms with Crippen molar-refractivity contribution in [1.82, 2.24) is 25.1 Å². The first-order valence-corrected chi connectivity index (χ1v) is 10.8. The first-order chi connectivity index (χ1) is 16.0. The molecule has 168 valence electrons. The van der Waals surface area contributed by atoms with Crippen LogP contribution in [0.15, 0.2) is 42.6 Å². The number of H-pyrrole nitrogens is 1. The van der Waals surface area contributed by atoms with Crippen LogP contribution in [0.4, 0.5) is 5.69 Å². The van der Waals surface area contributed by atoms with E-state index < -0.39 is 5.91 Å². The molecule has 0 aliphatic carbocycles. The highest BCUT2D eigenvalue weighted by molar-refractivity contribution is 6.04. The Morgan fingerprint density at radius 2 is 2.00 bits per heavy atom. The van der Waals surface area contributed by atoms with Crippen LogP contribution >= 0.6 is 0 Å². The van der Waals surface area contributed by atoms with Gasteiger partial charge in [0, 0.05) is 36.1 Å². The molecule has 4 aromatic rings. The molecule has 2 aromatic heterocycles. The monoisotopic (exact) mass is 443 g/mol. The van der Waals surface area contributed by atoms with Crippen LogP contribution < -0.4 is 11.5 Å². The van der Waals surface area contributed by atoms with Crippen LogP contribution in [0.2, 0.25) is 0 Å². The Morgan fingerprint density at radius 3 is 2.79 bits per heavy atom. The van der Waals surface area contributed by atoms with Crippen LogP contribution in [0.25, 0.3) is 33.5 Å². The van der Waals surface area contributed by atoms with E-state index in [-0.39, 0.29) is 11.4 Å². The van der Waals surface area contributed by atoms with Gasteiger partial charge in [-0.15, -0.1) is 0 Å². The third kappa shape index (κ3) is 4.04. The van der Waals surface area contributed by atoms with E-state index in [2.05, 4.69) is 26.1 Å². The van der Waals surface area contributed by atoms with E-state index in [9.17, 15) is 4.79 Å². The highest BCUT2D eigenvalue weighted by Crippen LogP contribution is 2.35. The van der Waals surface area contributed by atoms with Crippen molar-refractivity contribution in [2.45, 2.75) is 13.5 Å². The van der Waals surface area contributed by atoms with Crippen LogP contribution in [0.1, 0.15) is 21.6 Å². The summed E-state index contributed by atoms with van der Waals surface area (Å²) in [6.07, 6.45) is 1.73. The van der Waals surface area contributed by atoms with Gasteiger partial charge in [-0.05, 0) is 30.2 Å². The maximum Gasteiger partial charge on any atom is 0.269 e. The topological polar surface area (TPSA) is 136 Å². The van der Waals surface area contributed by atoms with Gasteiger partial charge in [0.25, 0.3) is 5.91 Å². The predicted molar refractivity (Wildman–Crippen MR) is 126 cm³/mol. The lowest BCUT2D eigenvalue weighted by atomic mass is 9.99. The summed E-state index contributed by atoms with van der Waals surface area (Å²) in [5, 5.41) is 7.98. The van der Waals surface area contributed by atoms with Gasteiger partial charge in [0.2, 0.25) is 0 Å². The molecule has 1 aliphatic rings. The molecule has 33 heavy (non-hydrogen) atoms. The number of amides is 1. The fourth-order valence-electron chi connectivity index (χ4n) is 4.24. The largest absolute Gasteiger partial charge is 0.395 e. The lowest BCUT2D eigenvalue weighted by molar-refractivity contribution is 0.0342. The van der Waals surface area contributed by atoms with Crippen LogP contribution in [-0.2, 0) is 11.3 Å². The molecule has 1 amide bonds. The number of anilines is 1. The predicted octanol–water partition coefficient (Wildman–Crippen LogP) is 2.51. The molecule has 0 radical (unpaired) electrons. The van der Waals surface area contributed by atoms with E-state index in [1.165, 1.54) is 0 Å². The van der Waals surface area contributed by atoms with Crippen LogP contribution in [-0.4, -0.2) is 57.3 Å². The third-order valence-corrected chi connectivity index (χ3v) is 5.94. The summed E-state index contributed by atoms with van der Waals surface area (Å²) < 4.78 is 5.44. The Bertz CT molecular complexity index is 1340. The second kappa shape index (κ2) is 8.61. The zero-order valence-electron chi connectivity index (χ0n) is 18.3. The summed E-state index contributed by atoms with van der Waals surface area (Å²) in [6.45, 7) is 6.04. The van der Waals surface area contributed by atoms with Gasteiger partial charge in [0.05, 0.1) is 36.3 Å². The standard InChI is InChI=1S/C24H25N7O2/c1-14-5-6-18-17(12-27-30-18)19(14)21-20(25)22(23(26)32)29-24(28-21)16-4-2-3-15(11-16)13-31-7-9-33-10-8-31/h2-6,11-12H,7-10,13,25H2,1H3,(H2,26,32)(H,27,30). The molecule has 1 fully saturated rings. The van der Waals surface area contributed by atoms with Gasteiger partial charge in [0.1, 0.15) is 0 Å². The molecule has 9 heteroatoms. The minimum atomic E-state index is -0.695. The third-order valence-electron chi connectivity index (χ3n) is 5.94. The number of hydrogen-bond acceptors (Lipinski definition) is 7. The molecule has 0 spiro atoms. The number of nitrogens with zero attached hydrogens (tertiary/aromatic N) is 4. The number of nitrogen functional groups attached to an aromatic ring is 1. The van der Waals surface area contributed by atoms with Crippen LogP contribution in [0.3, 0.4) is 0 Å². The van der Waals surface area contributed by atoms with Crippen molar-refractivity contribution in [3.05, 3.63) is 59.4 Å². The van der Waals surface area contributed by atoms with E-state index in [0.29, 0.717) is 11.5 Å². The SMILES string of the molecule is Cc1ccc2[nH]ncc2c1-c1nc(-c2cccc(CN3CCOCC3)c2)nc(C(N)=O)c1N. The van der Waals surface area contributed by atoms with Crippen LogP contribution in [0.5, 0.6) is 0 Å². The number of rotatable bonds is 5. The quantitative estimate of drug-likeness (QED) is 0.431. The summed E-state index contributed by atoms with van der Waals surface area (Å²) in [5.41, 5.74) is 17.2. The summed E-state index contributed by atoms with van der Waals surface area (Å²) in [5.74, 6) is -0.296. The highest BCUT2D eigenvalue weighted by atomic mass is 16.5. The summed E-state index contributed by atoms with van der Waals surface area (Å²) in [4.78, 5) is 23.8. The number of aromatic amines is 1. The van der Waals surface area contributed by atoms with Crippen molar-refractivity contribution in [2.75, 3.05) is 32.0 Å². The Kier molecular flexibility index (Phi) is 5.49. The van der Waals surface area contributed by atoms with E-state index in [4.69, 9.17) is 21.2 Å². The summed E-state index contributed by atoms with van der Waals surface area (Å²) in [7, 11) is 0. The number of ether oxygens (including phenoxy) is 1. The molecule has 1 saturated heterocycles. The number of fused-ring (bicyclic) bond motifs is 1. The van der Waals surface area contributed by atoms with E-state index in [1.807, 2.05) is 37.3 Å². The second-order valence-corrected chi connectivity index (χ2v) is 8.20. The number of aromatic nitrogens is 4. The summed E-state index contributed by atoms with van der Waals surface area (Å²) in [6, 6.07) is 11.9. The molecular formula is C24H25N7O2. The Labute approximate surface area is 190 Å². The zero-order chi connectivity index (χ0) is 22.9. The number of benzene rings is 2. The van der Waals surface area contributed by atoms with Gasteiger partial charge < -0.3 is 16.2 Å². The zero-order valence-corrected chi connectivity index (χ0v) is 18.3. The van der Waals surface area contributed by atoms with Gasteiger partial charge in [-0.25, -0.2) is 9.97 Å². The second-order valence-electron chi connectivity index (χ2n) is 8.20. The molecule has 0 bridgehead atoms. The molecule has 0 unspecified atom stereocenters. The van der Waals surface area contributed by atoms with Crippen molar-refractivity contribution in [2.24, 2.45) is 5.73 Å². The van der Waals surface area contributed by atoms with E-state index in [0.717, 1.165) is 66.0 Å². The minimum absolute atomic E-state index is 0.00785. The molecular weight excluding hydrogens is 418 g/mol. The molecule has 9 nitrogen and oxygen atoms in total. The van der Waals surface area contributed by atoms with Gasteiger partial charge >= 0.3 is 0 Å². The maximum atomic E-state index is 12.2. The van der Waals surface area contributed by atoms with Crippen LogP contribution in [0, 0.1) is 6.92 Å². The van der Waals surface area contributed by atoms with E-state index in [1.54, 1.807) is 6.20 Å². The molecule has 0 atom stereocenters. The number of primary amides is 1. The number of carbonyl (C=O) groups is 1. The van der Waals surface area contributed by atoms with Gasteiger partial charge in [-0.1, -0.05) is 24.3 Å². The number of morpholine rings is 1. The summed E-state index contributed by atoms with van der Waals surface area (Å²) >= 11 is 0. The average molecular weight is 444 g/mol. The lowest BCUT2D eigenvalue weighted by Crippen LogP contribution is -2.35. The number of nitrogens with two attached hydrogens (primary N) is 2. The van der Waals surface area contributed by atoms with E-state index >= 15 is 0 Å². The van der Waals surface area contributed by atoms with Crippen molar-refractivity contribution in [3.8, 4) is 22.6 Å². The average Bonchev–Trinajstić information content (AvgIpc) is 3.29. The molecule has 3 heterocycles. The number of hydrogen-bond donors (Lipinski definition) is 3. The van der Waals surface area contributed by atoms with Gasteiger partial charge in [0.15, 0.2) is 11.5 Å². The Hall–Kier alpha value is -3.82. The molecule has 5 rings (SSSR count). The van der Waals surface area contributed by atoms with Crippen molar-refractivity contribution < 1.29 is 9.53 Å². The molecule has 0 saturated carbocycles. The first-order valence-electron chi connectivity index (χ1n) is 10.8. The fourth-order valence-corrected chi connectivity index (χ4v) is 4.24. The highest BCUT2D eigenvalue weighted by Gasteiger charge is 2.21. The van der Waals surface area contributed by atoms with Gasteiger partial charge in [-0.2, -0.15) is 5.10 Å². The Morgan fingerprint density at radius 1 is 1.18 bits per heavy atom. The number of aryl methyl sites for hydroxylation is 1. The molecule has 2 aromatic carbocycles. The van der Waals surface area contributed by atoms with Crippen molar-refractivity contribution in [1.29, 1.82) is 0 Å². The normalized spacial score (nSPS) is 14.6. The van der Waals surface area contributed by atoms with Crippen molar-refractivity contribution >= 4 is 22.5 Å². The lowest BCUT2D eigenvalue weighted by Gasteiger charge is -2.26. The number of nitrogens with one attached hydrogen (secondary N) is 1.